The van der Waals surface area contributed by atoms with Gasteiger partial charge in [0, 0.05) is 24.0 Å². The minimum absolute atomic E-state index is 0.0320. The fraction of sp³-hybridized carbons (Fsp3) is 0.471. The van der Waals surface area contributed by atoms with Gasteiger partial charge in [-0.3, -0.25) is 4.79 Å². The number of carbonyl (C=O) groups is 1. The number of aryl methyl sites for hydroxylation is 1. The summed E-state index contributed by atoms with van der Waals surface area (Å²) in [7, 11) is 3.86. The van der Waals surface area contributed by atoms with Gasteiger partial charge < -0.3 is 19.3 Å². The van der Waals surface area contributed by atoms with Gasteiger partial charge in [0.15, 0.2) is 0 Å². The van der Waals surface area contributed by atoms with Crippen LogP contribution in [0.4, 0.5) is 0 Å². The van der Waals surface area contributed by atoms with E-state index >= 15 is 0 Å². The van der Waals surface area contributed by atoms with E-state index in [4.69, 9.17) is 4.42 Å². The molecular weight excluding hydrogens is 280 g/mol. The summed E-state index contributed by atoms with van der Waals surface area (Å²) in [6, 6.07) is 7.41. The van der Waals surface area contributed by atoms with Crippen LogP contribution in [0.5, 0.6) is 0 Å². The molecule has 5 nitrogen and oxygen atoms in total. The van der Waals surface area contributed by atoms with E-state index in [9.17, 15) is 9.90 Å². The fourth-order valence-electron chi connectivity index (χ4n) is 3.24. The highest BCUT2D eigenvalue weighted by molar-refractivity contribution is 5.98. The zero-order valence-electron chi connectivity index (χ0n) is 13.3. The second kappa shape index (κ2) is 5.41. The van der Waals surface area contributed by atoms with Gasteiger partial charge in [-0.05, 0) is 51.7 Å². The van der Waals surface area contributed by atoms with Gasteiger partial charge >= 0.3 is 0 Å². The number of hydrogen-bond acceptors (Lipinski definition) is 4. The van der Waals surface area contributed by atoms with E-state index in [-0.39, 0.29) is 5.91 Å². The molecule has 0 radical (unpaired) electrons. The van der Waals surface area contributed by atoms with Crippen molar-refractivity contribution in [3.05, 3.63) is 35.6 Å². The molecule has 1 aromatic heterocycles. The first kappa shape index (κ1) is 15.1. The number of hydrogen-bond donors (Lipinski definition) is 1. The van der Waals surface area contributed by atoms with E-state index in [1.165, 1.54) is 0 Å². The Morgan fingerprint density at radius 1 is 1.41 bits per heavy atom. The molecule has 1 atom stereocenters. The van der Waals surface area contributed by atoms with E-state index in [1.54, 1.807) is 11.0 Å². The van der Waals surface area contributed by atoms with Crippen molar-refractivity contribution in [2.24, 2.45) is 0 Å². The molecule has 2 aromatic rings. The molecule has 0 aliphatic carbocycles. The lowest BCUT2D eigenvalue weighted by molar-refractivity contribution is 0.0236. The lowest BCUT2D eigenvalue weighted by Gasteiger charge is -2.26. The second-order valence-electron chi connectivity index (χ2n) is 6.55. The maximum absolute atomic E-state index is 12.6. The number of aliphatic hydroxyl groups is 1. The van der Waals surface area contributed by atoms with E-state index in [2.05, 4.69) is 0 Å². The predicted octanol–water partition coefficient (Wildman–Crippen LogP) is 1.88. The Morgan fingerprint density at radius 3 is 2.91 bits per heavy atom. The molecule has 0 spiro atoms. The summed E-state index contributed by atoms with van der Waals surface area (Å²) in [6.07, 6.45) is 0.615. The molecule has 0 bridgehead atoms. The number of benzene rings is 1. The summed E-state index contributed by atoms with van der Waals surface area (Å²) >= 11 is 0. The molecule has 0 saturated carbocycles. The minimum atomic E-state index is -0.810. The molecule has 1 aliphatic heterocycles. The predicted molar refractivity (Wildman–Crippen MR) is 85.0 cm³/mol. The van der Waals surface area contributed by atoms with Gasteiger partial charge in [0.1, 0.15) is 11.3 Å². The maximum Gasteiger partial charge on any atom is 0.253 e. The number of likely N-dealkylation sites (N-methyl/N-ethyl adjacent to an activating group) is 1. The third-order valence-electron chi connectivity index (χ3n) is 4.12. The molecule has 1 saturated heterocycles. The first-order valence-electron chi connectivity index (χ1n) is 7.53. The Balaban J connectivity index is 1.78. The van der Waals surface area contributed by atoms with Crippen LogP contribution in [0.1, 0.15) is 22.5 Å². The number of carbonyl (C=O) groups excluding carboxylic acids is 1. The number of amides is 1. The van der Waals surface area contributed by atoms with Crippen LogP contribution in [-0.4, -0.2) is 60.1 Å². The summed E-state index contributed by atoms with van der Waals surface area (Å²) < 4.78 is 5.53. The number of rotatable bonds is 3. The average Bonchev–Trinajstić information content (AvgIpc) is 2.98. The zero-order chi connectivity index (χ0) is 15.9. The van der Waals surface area contributed by atoms with Crippen molar-refractivity contribution in [1.29, 1.82) is 0 Å². The number of furan rings is 1. The van der Waals surface area contributed by atoms with Crippen molar-refractivity contribution in [2.45, 2.75) is 18.9 Å². The molecule has 1 fully saturated rings. The van der Waals surface area contributed by atoms with Crippen molar-refractivity contribution < 1.29 is 14.3 Å². The largest absolute Gasteiger partial charge is 0.461 e. The highest BCUT2D eigenvalue weighted by atomic mass is 16.3. The van der Waals surface area contributed by atoms with Crippen LogP contribution in [0.25, 0.3) is 11.0 Å². The Morgan fingerprint density at radius 2 is 2.18 bits per heavy atom. The Kier molecular flexibility index (Phi) is 3.70. The molecule has 5 heteroatoms. The Hall–Kier alpha value is -1.85. The van der Waals surface area contributed by atoms with Gasteiger partial charge in [0.05, 0.1) is 12.1 Å². The van der Waals surface area contributed by atoms with E-state index in [0.29, 0.717) is 31.6 Å². The van der Waals surface area contributed by atoms with Gasteiger partial charge in [-0.1, -0.05) is 0 Å². The first-order valence-corrected chi connectivity index (χ1v) is 7.53. The standard InChI is InChI=1S/C17H22N2O3/c1-12-8-14-9-13(4-5-15(14)22-12)16(20)19-7-6-17(21,11-19)10-18(2)3/h4-5,8-9,21H,6-7,10-11H2,1-3H3/t17-/m0/s1. The second-order valence-corrected chi connectivity index (χ2v) is 6.55. The number of nitrogens with zero attached hydrogens (tertiary/aromatic N) is 2. The third-order valence-corrected chi connectivity index (χ3v) is 4.12. The van der Waals surface area contributed by atoms with Gasteiger partial charge in [0.2, 0.25) is 0 Å². The van der Waals surface area contributed by atoms with Crippen LogP contribution < -0.4 is 0 Å². The minimum Gasteiger partial charge on any atom is -0.461 e. The van der Waals surface area contributed by atoms with Crippen molar-refractivity contribution >= 4 is 16.9 Å². The summed E-state index contributed by atoms with van der Waals surface area (Å²) in [5.41, 5.74) is 0.622. The monoisotopic (exact) mass is 302 g/mol. The van der Waals surface area contributed by atoms with Crippen molar-refractivity contribution in [2.75, 3.05) is 33.7 Å². The van der Waals surface area contributed by atoms with Gasteiger partial charge in [0.25, 0.3) is 5.91 Å². The smallest absolute Gasteiger partial charge is 0.253 e. The molecule has 2 heterocycles. The van der Waals surface area contributed by atoms with Gasteiger partial charge in [-0.15, -0.1) is 0 Å². The molecule has 1 amide bonds. The van der Waals surface area contributed by atoms with Gasteiger partial charge in [-0.2, -0.15) is 0 Å². The van der Waals surface area contributed by atoms with Gasteiger partial charge in [-0.25, -0.2) is 0 Å². The van der Waals surface area contributed by atoms with Crippen LogP contribution in [0.15, 0.2) is 28.7 Å². The van der Waals surface area contributed by atoms with Crippen LogP contribution in [0, 0.1) is 6.92 Å². The molecule has 22 heavy (non-hydrogen) atoms. The van der Waals surface area contributed by atoms with E-state index < -0.39 is 5.60 Å². The topological polar surface area (TPSA) is 56.9 Å². The lowest BCUT2D eigenvalue weighted by Crippen LogP contribution is -2.43. The van der Waals surface area contributed by atoms with Crippen molar-refractivity contribution in [3.8, 4) is 0 Å². The quantitative estimate of drug-likeness (QED) is 0.940. The number of likely N-dealkylation sites (tertiary alicyclic amines) is 1. The van der Waals surface area contributed by atoms with E-state index in [0.717, 1.165) is 16.7 Å². The fourth-order valence-corrected chi connectivity index (χ4v) is 3.24. The summed E-state index contributed by atoms with van der Waals surface area (Å²) in [6.45, 7) is 3.43. The third kappa shape index (κ3) is 2.87. The molecule has 1 aliphatic rings. The highest BCUT2D eigenvalue weighted by Crippen LogP contribution is 2.25. The summed E-state index contributed by atoms with van der Waals surface area (Å²) in [4.78, 5) is 16.3. The normalized spacial score (nSPS) is 22.0. The molecule has 118 valence electrons. The average molecular weight is 302 g/mol. The van der Waals surface area contributed by atoms with Crippen molar-refractivity contribution in [1.82, 2.24) is 9.80 Å². The van der Waals surface area contributed by atoms with Crippen LogP contribution in [0.2, 0.25) is 0 Å². The lowest BCUT2D eigenvalue weighted by atomic mass is 10.0. The Bertz CT molecular complexity index is 707. The Labute approximate surface area is 130 Å². The molecule has 0 unspecified atom stereocenters. The first-order chi connectivity index (χ1) is 10.4. The molecule has 3 rings (SSSR count). The van der Waals surface area contributed by atoms with E-state index in [1.807, 2.05) is 44.1 Å². The van der Waals surface area contributed by atoms with Crippen molar-refractivity contribution in [3.63, 3.8) is 0 Å². The maximum atomic E-state index is 12.6. The summed E-state index contributed by atoms with van der Waals surface area (Å²) in [5, 5.41) is 11.5. The number of fused-ring (bicyclic) bond motifs is 1. The zero-order valence-corrected chi connectivity index (χ0v) is 13.3. The number of β-amino-alcohol motifs (C(OH)–C–C–N with tert-alkyl or cyclic N) is 1. The highest BCUT2D eigenvalue weighted by Gasteiger charge is 2.38. The van der Waals surface area contributed by atoms with Crippen LogP contribution in [0.3, 0.4) is 0 Å². The molecular formula is C17H22N2O3. The molecule has 1 N–H and O–H groups in total. The molecule has 1 aromatic carbocycles. The summed E-state index contributed by atoms with van der Waals surface area (Å²) in [5.74, 6) is 0.802. The van der Waals surface area contributed by atoms with Crippen LogP contribution in [-0.2, 0) is 0 Å². The SMILES string of the molecule is Cc1cc2cc(C(=O)N3CC[C@](O)(CN(C)C)C3)ccc2o1. The van der Waals surface area contributed by atoms with Crippen LogP contribution >= 0.6 is 0 Å².